The Hall–Kier alpha value is -2.21. The third-order valence-electron chi connectivity index (χ3n) is 2.40. The molecule has 0 spiro atoms. The molecule has 2 aromatic rings. The van der Waals surface area contributed by atoms with Crippen LogP contribution in [0.15, 0.2) is 30.6 Å². The van der Waals surface area contributed by atoms with Crippen molar-refractivity contribution in [1.82, 2.24) is 9.97 Å². The molecule has 7 heteroatoms. The van der Waals surface area contributed by atoms with Gasteiger partial charge in [-0.05, 0) is 25.1 Å². The minimum atomic E-state index is -0.470. The molecular weight excluding hydrogens is 283 g/mol. The summed E-state index contributed by atoms with van der Waals surface area (Å²) < 4.78 is 12.9. The van der Waals surface area contributed by atoms with Crippen molar-refractivity contribution in [2.24, 2.45) is 0 Å². The van der Waals surface area contributed by atoms with Crippen LogP contribution in [0.1, 0.15) is 17.4 Å². The lowest BCUT2D eigenvalue weighted by Crippen LogP contribution is -2.15. The van der Waals surface area contributed by atoms with Gasteiger partial charge in [0, 0.05) is 6.54 Å². The summed E-state index contributed by atoms with van der Waals surface area (Å²) >= 11 is 5.84. The Morgan fingerprint density at radius 3 is 2.90 bits per heavy atom. The third kappa shape index (κ3) is 3.42. The first kappa shape index (κ1) is 14.2. The molecule has 2 rings (SSSR count). The van der Waals surface area contributed by atoms with Gasteiger partial charge in [-0.2, -0.15) is 0 Å². The van der Waals surface area contributed by atoms with Crippen molar-refractivity contribution in [3.8, 4) is 0 Å². The molecule has 2 N–H and O–H groups in total. The summed E-state index contributed by atoms with van der Waals surface area (Å²) in [6.07, 6.45) is 2.86. The number of benzene rings is 1. The van der Waals surface area contributed by atoms with Gasteiger partial charge in [0.15, 0.2) is 0 Å². The summed E-state index contributed by atoms with van der Waals surface area (Å²) in [5.74, 6) is -0.432. The molecule has 0 saturated heterocycles. The van der Waals surface area contributed by atoms with Crippen LogP contribution in [-0.4, -0.2) is 22.4 Å². The predicted octanol–water partition coefficient (Wildman–Crippen LogP) is 2.95. The van der Waals surface area contributed by atoms with Gasteiger partial charge in [-0.1, -0.05) is 11.6 Å². The van der Waals surface area contributed by atoms with E-state index in [-0.39, 0.29) is 10.7 Å². The highest BCUT2D eigenvalue weighted by molar-refractivity contribution is 6.33. The van der Waals surface area contributed by atoms with Gasteiger partial charge in [-0.15, -0.1) is 0 Å². The summed E-state index contributed by atoms with van der Waals surface area (Å²) in [6.45, 7) is 2.58. The number of halogens is 2. The molecule has 0 saturated carbocycles. The Morgan fingerprint density at radius 1 is 1.40 bits per heavy atom. The van der Waals surface area contributed by atoms with E-state index in [1.807, 2.05) is 6.92 Å². The van der Waals surface area contributed by atoms with Crippen LogP contribution in [-0.2, 0) is 0 Å². The van der Waals surface area contributed by atoms with Crippen molar-refractivity contribution in [2.45, 2.75) is 6.92 Å². The van der Waals surface area contributed by atoms with E-state index in [4.69, 9.17) is 11.6 Å². The van der Waals surface area contributed by atoms with E-state index in [2.05, 4.69) is 20.6 Å². The van der Waals surface area contributed by atoms with E-state index in [0.717, 1.165) is 6.07 Å². The van der Waals surface area contributed by atoms with Gasteiger partial charge in [0.2, 0.25) is 0 Å². The molecule has 0 radical (unpaired) electrons. The molecule has 0 bridgehead atoms. The number of rotatable bonds is 4. The largest absolute Gasteiger partial charge is 0.369 e. The number of amides is 1. The number of anilines is 2. The second-order valence-electron chi connectivity index (χ2n) is 3.90. The van der Waals surface area contributed by atoms with Crippen LogP contribution in [0.4, 0.5) is 15.9 Å². The first-order chi connectivity index (χ1) is 9.60. The van der Waals surface area contributed by atoms with E-state index >= 15 is 0 Å². The van der Waals surface area contributed by atoms with Crippen molar-refractivity contribution < 1.29 is 9.18 Å². The Balaban J connectivity index is 2.17. The number of hydrogen-bond acceptors (Lipinski definition) is 4. The van der Waals surface area contributed by atoms with Gasteiger partial charge in [-0.25, -0.2) is 9.37 Å². The van der Waals surface area contributed by atoms with E-state index in [9.17, 15) is 9.18 Å². The number of aromatic nitrogens is 2. The third-order valence-corrected chi connectivity index (χ3v) is 2.72. The fourth-order valence-electron chi connectivity index (χ4n) is 1.52. The maximum atomic E-state index is 12.9. The fourth-order valence-corrected chi connectivity index (χ4v) is 1.73. The van der Waals surface area contributed by atoms with Crippen LogP contribution in [0.2, 0.25) is 5.02 Å². The lowest BCUT2D eigenvalue weighted by atomic mass is 10.3. The molecular formula is C13H12ClFN4O. The summed E-state index contributed by atoms with van der Waals surface area (Å²) in [5.41, 5.74) is 0.456. The van der Waals surface area contributed by atoms with Crippen LogP contribution in [0.25, 0.3) is 0 Å². The topological polar surface area (TPSA) is 66.9 Å². The van der Waals surface area contributed by atoms with Gasteiger partial charge in [0.1, 0.15) is 17.3 Å². The summed E-state index contributed by atoms with van der Waals surface area (Å²) in [4.78, 5) is 20.0. The highest BCUT2D eigenvalue weighted by Gasteiger charge is 2.11. The molecule has 1 aromatic carbocycles. The zero-order chi connectivity index (χ0) is 14.5. The molecule has 1 heterocycles. The number of hydrogen-bond donors (Lipinski definition) is 2. The van der Waals surface area contributed by atoms with E-state index < -0.39 is 11.7 Å². The van der Waals surface area contributed by atoms with Crippen molar-refractivity contribution in [2.75, 3.05) is 17.2 Å². The minimum absolute atomic E-state index is 0.120. The van der Waals surface area contributed by atoms with Crippen molar-refractivity contribution in [3.63, 3.8) is 0 Å². The lowest BCUT2D eigenvalue weighted by Gasteiger charge is -2.07. The summed E-state index contributed by atoms with van der Waals surface area (Å²) in [6, 6.07) is 3.72. The highest BCUT2D eigenvalue weighted by Crippen LogP contribution is 2.22. The average molecular weight is 295 g/mol. The molecule has 20 heavy (non-hydrogen) atoms. The molecule has 0 aliphatic heterocycles. The Labute approximate surface area is 120 Å². The zero-order valence-electron chi connectivity index (χ0n) is 10.7. The van der Waals surface area contributed by atoms with Crippen LogP contribution in [0.3, 0.4) is 0 Å². The van der Waals surface area contributed by atoms with E-state index in [1.54, 1.807) is 0 Å². The second kappa shape index (κ2) is 6.29. The SMILES string of the molecule is CCNc1cncc(C(=O)Nc2ccc(F)cc2Cl)n1. The van der Waals surface area contributed by atoms with Gasteiger partial charge >= 0.3 is 0 Å². The number of nitrogens with zero attached hydrogens (tertiary/aromatic N) is 2. The van der Waals surface area contributed by atoms with Crippen LogP contribution >= 0.6 is 11.6 Å². The van der Waals surface area contributed by atoms with Crippen LogP contribution in [0.5, 0.6) is 0 Å². The predicted molar refractivity (Wildman–Crippen MR) is 75.6 cm³/mol. The Kier molecular flexibility index (Phi) is 4.47. The standard InChI is InChI=1S/C13H12ClFN4O/c1-2-17-12-7-16-6-11(18-12)13(20)19-10-4-3-8(15)5-9(10)14/h3-7H,2H2,1H3,(H,17,18)(H,19,20). The van der Waals surface area contributed by atoms with Crippen molar-refractivity contribution in [3.05, 3.63) is 47.1 Å². The van der Waals surface area contributed by atoms with Gasteiger partial charge in [-0.3, -0.25) is 9.78 Å². The first-order valence-corrected chi connectivity index (χ1v) is 6.30. The number of nitrogens with one attached hydrogen (secondary N) is 2. The highest BCUT2D eigenvalue weighted by atomic mass is 35.5. The van der Waals surface area contributed by atoms with Crippen LogP contribution < -0.4 is 10.6 Å². The van der Waals surface area contributed by atoms with Gasteiger partial charge in [0.05, 0.1) is 23.1 Å². The monoisotopic (exact) mass is 294 g/mol. The molecule has 0 unspecified atom stereocenters. The normalized spacial score (nSPS) is 10.2. The van der Waals surface area contributed by atoms with E-state index in [1.165, 1.54) is 24.5 Å². The molecule has 0 aliphatic carbocycles. The lowest BCUT2D eigenvalue weighted by molar-refractivity contribution is 0.102. The second-order valence-corrected chi connectivity index (χ2v) is 4.31. The Bertz CT molecular complexity index is 636. The van der Waals surface area contributed by atoms with Gasteiger partial charge < -0.3 is 10.6 Å². The molecule has 0 fully saturated rings. The number of carbonyl (C=O) groups excluding carboxylic acids is 1. The quantitative estimate of drug-likeness (QED) is 0.910. The van der Waals surface area contributed by atoms with Gasteiger partial charge in [0.25, 0.3) is 5.91 Å². The molecule has 0 atom stereocenters. The molecule has 1 aromatic heterocycles. The smallest absolute Gasteiger partial charge is 0.275 e. The average Bonchev–Trinajstić information content (AvgIpc) is 2.42. The van der Waals surface area contributed by atoms with Crippen molar-refractivity contribution in [1.29, 1.82) is 0 Å². The minimum Gasteiger partial charge on any atom is -0.369 e. The molecule has 0 aliphatic rings. The maximum Gasteiger partial charge on any atom is 0.275 e. The molecule has 104 valence electrons. The fraction of sp³-hybridized carbons (Fsp3) is 0.154. The zero-order valence-corrected chi connectivity index (χ0v) is 11.4. The maximum absolute atomic E-state index is 12.9. The first-order valence-electron chi connectivity index (χ1n) is 5.92. The Morgan fingerprint density at radius 2 is 2.20 bits per heavy atom. The summed E-state index contributed by atoms with van der Waals surface area (Å²) in [7, 11) is 0. The molecule has 5 nitrogen and oxygen atoms in total. The van der Waals surface area contributed by atoms with Crippen LogP contribution in [0, 0.1) is 5.82 Å². The number of carbonyl (C=O) groups is 1. The van der Waals surface area contributed by atoms with E-state index in [0.29, 0.717) is 18.1 Å². The summed E-state index contributed by atoms with van der Waals surface area (Å²) in [5, 5.41) is 5.63. The van der Waals surface area contributed by atoms with Crippen molar-refractivity contribution >= 4 is 29.0 Å². The molecule has 1 amide bonds.